The van der Waals surface area contributed by atoms with Crippen molar-refractivity contribution in [1.29, 1.82) is 0 Å². The Morgan fingerprint density at radius 3 is 2.64 bits per heavy atom. The SMILES string of the molecule is Cc1ccccc1COC(=O)c1cc(=O)c2ccccc2o1. The average Bonchev–Trinajstić information content (AvgIpc) is 2.54. The van der Waals surface area contributed by atoms with E-state index < -0.39 is 5.97 Å². The van der Waals surface area contributed by atoms with Gasteiger partial charge in [-0.05, 0) is 30.2 Å². The second kappa shape index (κ2) is 5.85. The summed E-state index contributed by atoms with van der Waals surface area (Å²) in [5.41, 5.74) is 2.07. The first-order valence-electron chi connectivity index (χ1n) is 6.89. The molecule has 0 atom stereocenters. The zero-order chi connectivity index (χ0) is 15.5. The number of carbonyl (C=O) groups is 1. The third-order valence-electron chi connectivity index (χ3n) is 3.46. The van der Waals surface area contributed by atoms with Crippen LogP contribution in [0.3, 0.4) is 0 Å². The van der Waals surface area contributed by atoms with Gasteiger partial charge in [0, 0.05) is 6.07 Å². The van der Waals surface area contributed by atoms with Crippen molar-refractivity contribution < 1.29 is 13.9 Å². The van der Waals surface area contributed by atoms with Crippen LogP contribution in [0.15, 0.2) is 63.8 Å². The molecular weight excluding hydrogens is 280 g/mol. The molecule has 0 unspecified atom stereocenters. The lowest BCUT2D eigenvalue weighted by molar-refractivity contribution is 0.0436. The van der Waals surface area contributed by atoms with Crippen LogP contribution in [0.25, 0.3) is 11.0 Å². The van der Waals surface area contributed by atoms with Gasteiger partial charge >= 0.3 is 5.97 Å². The molecule has 0 saturated heterocycles. The van der Waals surface area contributed by atoms with Crippen LogP contribution in [0.5, 0.6) is 0 Å². The lowest BCUT2D eigenvalue weighted by atomic mass is 10.1. The Hall–Kier alpha value is -2.88. The molecule has 0 aliphatic heterocycles. The number of hydrogen-bond acceptors (Lipinski definition) is 4. The molecule has 0 fully saturated rings. The van der Waals surface area contributed by atoms with E-state index in [0.29, 0.717) is 11.0 Å². The maximum Gasteiger partial charge on any atom is 0.374 e. The summed E-state index contributed by atoms with van der Waals surface area (Å²) >= 11 is 0. The largest absolute Gasteiger partial charge is 0.455 e. The van der Waals surface area contributed by atoms with E-state index in [-0.39, 0.29) is 17.8 Å². The van der Waals surface area contributed by atoms with E-state index in [4.69, 9.17) is 9.15 Å². The molecule has 22 heavy (non-hydrogen) atoms. The van der Waals surface area contributed by atoms with Crippen molar-refractivity contribution in [3.05, 3.63) is 81.7 Å². The molecule has 0 aliphatic rings. The summed E-state index contributed by atoms with van der Waals surface area (Å²) < 4.78 is 10.7. The first kappa shape index (κ1) is 14.1. The van der Waals surface area contributed by atoms with Crippen molar-refractivity contribution in [2.24, 2.45) is 0 Å². The fourth-order valence-corrected chi connectivity index (χ4v) is 2.19. The van der Waals surface area contributed by atoms with Gasteiger partial charge in [0.15, 0.2) is 5.43 Å². The molecule has 4 heteroatoms. The van der Waals surface area contributed by atoms with Crippen LogP contribution in [-0.4, -0.2) is 5.97 Å². The van der Waals surface area contributed by atoms with Crippen LogP contribution in [0.4, 0.5) is 0 Å². The summed E-state index contributed by atoms with van der Waals surface area (Å²) in [4.78, 5) is 24.0. The third kappa shape index (κ3) is 2.76. The molecule has 110 valence electrons. The maximum atomic E-state index is 12.1. The van der Waals surface area contributed by atoms with Crippen molar-refractivity contribution >= 4 is 16.9 Å². The molecule has 0 N–H and O–H groups in total. The van der Waals surface area contributed by atoms with Gasteiger partial charge in [0.25, 0.3) is 0 Å². The first-order valence-corrected chi connectivity index (χ1v) is 6.89. The van der Waals surface area contributed by atoms with Gasteiger partial charge in [-0.15, -0.1) is 0 Å². The van der Waals surface area contributed by atoms with Crippen LogP contribution in [-0.2, 0) is 11.3 Å². The minimum absolute atomic E-state index is 0.0858. The zero-order valence-corrected chi connectivity index (χ0v) is 12.0. The van der Waals surface area contributed by atoms with Gasteiger partial charge in [-0.1, -0.05) is 36.4 Å². The fourth-order valence-electron chi connectivity index (χ4n) is 2.19. The van der Waals surface area contributed by atoms with E-state index in [1.54, 1.807) is 24.3 Å². The topological polar surface area (TPSA) is 56.5 Å². The number of ether oxygens (including phenoxy) is 1. The van der Waals surface area contributed by atoms with Crippen LogP contribution in [0.2, 0.25) is 0 Å². The van der Waals surface area contributed by atoms with Gasteiger partial charge in [0.2, 0.25) is 5.76 Å². The Morgan fingerprint density at radius 2 is 1.82 bits per heavy atom. The van der Waals surface area contributed by atoms with Gasteiger partial charge in [-0.3, -0.25) is 4.79 Å². The second-order valence-electron chi connectivity index (χ2n) is 4.97. The molecule has 1 heterocycles. The Balaban J connectivity index is 1.84. The molecular formula is C18H14O4. The molecule has 0 saturated carbocycles. The predicted octanol–water partition coefficient (Wildman–Crippen LogP) is 3.46. The summed E-state index contributed by atoms with van der Waals surface area (Å²) in [7, 11) is 0. The first-order chi connectivity index (χ1) is 10.6. The standard InChI is InChI=1S/C18H14O4/c1-12-6-2-3-7-13(12)11-21-18(20)17-10-15(19)14-8-4-5-9-16(14)22-17/h2-10H,11H2,1H3. The monoisotopic (exact) mass is 294 g/mol. The summed E-state index contributed by atoms with van der Waals surface area (Å²) in [6.07, 6.45) is 0. The summed E-state index contributed by atoms with van der Waals surface area (Å²) in [5, 5.41) is 0.443. The molecule has 0 bridgehead atoms. The van der Waals surface area contributed by atoms with E-state index >= 15 is 0 Å². The number of aryl methyl sites for hydroxylation is 1. The van der Waals surface area contributed by atoms with Gasteiger partial charge in [0.05, 0.1) is 5.39 Å². The van der Waals surface area contributed by atoms with Crippen molar-refractivity contribution in [2.45, 2.75) is 13.5 Å². The number of hydrogen-bond donors (Lipinski definition) is 0. The number of benzene rings is 2. The fraction of sp³-hybridized carbons (Fsp3) is 0.111. The van der Waals surface area contributed by atoms with Gasteiger partial charge < -0.3 is 9.15 Å². The van der Waals surface area contributed by atoms with E-state index in [2.05, 4.69) is 0 Å². The highest BCUT2D eigenvalue weighted by Gasteiger charge is 2.14. The maximum absolute atomic E-state index is 12.1. The second-order valence-corrected chi connectivity index (χ2v) is 4.97. The van der Waals surface area contributed by atoms with Crippen molar-refractivity contribution in [2.75, 3.05) is 0 Å². The summed E-state index contributed by atoms with van der Waals surface area (Å²) in [6.45, 7) is 2.08. The Bertz CT molecular complexity index is 893. The van der Waals surface area contributed by atoms with Crippen LogP contribution < -0.4 is 5.43 Å². The third-order valence-corrected chi connectivity index (χ3v) is 3.46. The molecule has 2 aromatic carbocycles. The quantitative estimate of drug-likeness (QED) is 0.694. The Kier molecular flexibility index (Phi) is 3.74. The van der Waals surface area contributed by atoms with Gasteiger partial charge in [-0.2, -0.15) is 0 Å². The van der Waals surface area contributed by atoms with Crippen molar-refractivity contribution in [3.8, 4) is 0 Å². The molecule has 0 spiro atoms. The molecule has 3 aromatic rings. The number of para-hydroxylation sites is 1. The van der Waals surface area contributed by atoms with Crippen LogP contribution in [0.1, 0.15) is 21.7 Å². The predicted molar refractivity (Wildman–Crippen MR) is 82.8 cm³/mol. The molecule has 4 nitrogen and oxygen atoms in total. The molecule has 3 rings (SSSR count). The summed E-state index contributed by atoms with van der Waals surface area (Å²) in [5.74, 6) is -0.733. The minimum Gasteiger partial charge on any atom is -0.455 e. The normalized spacial score (nSPS) is 10.6. The van der Waals surface area contributed by atoms with E-state index in [0.717, 1.165) is 11.1 Å². The highest BCUT2D eigenvalue weighted by molar-refractivity contribution is 5.88. The smallest absolute Gasteiger partial charge is 0.374 e. The summed E-state index contributed by atoms with van der Waals surface area (Å²) in [6, 6.07) is 15.6. The van der Waals surface area contributed by atoms with Gasteiger partial charge in [-0.25, -0.2) is 4.79 Å². The highest BCUT2D eigenvalue weighted by atomic mass is 16.5. The number of rotatable bonds is 3. The van der Waals surface area contributed by atoms with Gasteiger partial charge in [0.1, 0.15) is 12.2 Å². The number of carbonyl (C=O) groups excluding carboxylic acids is 1. The molecule has 0 radical (unpaired) electrons. The van der Waals surface area contributed by atoms with E-state index in [1.807, 2.05) is 31.2 Å². The zero-order valence-electron chi connectivity index (χ0n) is 12.0. The van der Waals surface area contributed by atoms with Crippen molar-refractivity contribution in [3.63, 3.8) is 0 Å². The van der Waals surface area contributed by atoms with Crippen LogP contribution >= 0.6 is 0 Å². The minimum atomic E-state index is -0.647. The lowest BCUT2D eigenvalue weighted by Crippen LogP contribution is -2.10. The van der Waals surface area contributed by atoms with E-state index in [9.17, 15) is 9.59 Å². The number of esters is 1. The van der Waals surface area contributed by atoms with Crippen LogP contribution in [0, 0.1) is 6.92 Å². The average molecular weight is 294 g/mol. The van der Waals surface area contributed by atoms with E-state index in [1.165, 1.54) is 6.07 Å². The number of fused-ring (bicyclic) bond motifs is 1. The lowest BCUT2D eigenvalue weighted by Gasteiger charge is -2.07. The van der Waals surface area contributed by atoms with Crippen molar-refractivity contribution in [1.82, 2.24) is 0 Å². The Morgan fingerprint density at radius 1 is 1.09 bits per heavy atom. The molecule has 0 aliphatic carbocycles. The molecule has 1 aromatic heterocycles. The molecule has 0 amide bonds. The Labute approximate surface area is 127 Å². The highest BCUT2D eigenvalue weighted by Crippen LogP contribution is 2.14.